The van der Waals surface area contributed by atoms with Crippen molar-refractivity contribution in [2.45, 2.75) is 13.0 Å². The average Bonchev–Trinajstić information content (AvgIpc) is 2.91. The normalized spacial score (nSPS) is 12.3. The lowest BCUT2D eigenvalue weighted by Gasteiger charge is -2.08. The van der Waals surface area contributed by atoms with Crippen LogP contribution in [-0.4, -0.2) is 30.7 Å². The molecule has 78 valence electrons. The summed E-state index contributed by atoms with van der Waals surface area (Å²) < 4.78 is 3.61. The number of rotatable bonds is 3. The van der Waals surface area contributed by atoms with Gasteiger partial charge in [-0.3, -0.25) is 9.89 Å². The van der Waals surface area contributed by atoms with Gasteiger partial charge in [0.1, 0.15) is 12.2 Å². The van der Waals surface area contributed by atoms with Gasteiger partial charge >= 0.3 is 0 Å². The molecule has 2 N–H and O–H groups in total. The number of aromatic amines is 1. The van der Waals surface area contributed by atoms with Crippen molar-refractivity contribution < 1.29 is 4.79 Å². The lowest BCUT2D eigenvalue weighted by atomic mass is 10.3. The Kier molecular flexibility index (Phi) is 2.68. The highest BCUT2D eigenvalue weighted by molar-refractivity contribution is 7.03. The highest BCUT2D eigenvalue weighted by Crippen LogP contribution is 2.06. The SMILES string of the molecule is CC(NC(=O)c1csnn1)c1ncn[nH]1. The fraction of sp³-hybridized carbons (Fsp3) is 0.286. The molecule has 15 heavy (non-hydrogen) atoms. The largest absolute Gasteiger partial charge is 0.341 e. The lowest BCUT2D eigenvalue weighted by molar-refractivity contribution is 0.0933. The fourth-order valence-corrected chi connectivity index (χ4v) is 1.46. The second kappa shape index (κ2) is 4.13. The first-order chi connectivity index (χ1) is 7.27. The minimum atomic E-state index is -0.271. The molecule has 1 amide bonds. The van der Waals surface area contributed by atoms with E-state index in [0.717, 1.165) is 11.5 Å². The molecule has 1 atom stereocenters. The van der Waals surface area contributed by atoms with E-state index in [0.29, 0.717) is 11.5 Å². The molecule has 0 bridgehead atoms. The molecule has 1 unspecified atom stereocenters. The molecule has 0 fully saturated rings. The first-order valence-electron chi connectivity index (χ1n) is 4.20. The fourth-order valence-electron chi connectivity index (χ4n) is 1.03. The number of aromatic nitrogens is 5. The Morgan fingerprint density at radius 1 is 1.67 bits per heavy atom. The summed E-state index contributed by atoms with van der Waals surface area (Å²) in [7, 11) is 0. The second-order valence-corrected chi connectivity index (χ2v) is 3.47. The molecule has 0 aliphatic rings. The molecule has 0 spiro atoms. The minimum Gasteiger partial charge on any atom is -0.341 e. The van der Waals surface area contributed by atoms with Crippen molar-refractivity contribution in [3.63, 3.8) is 0 Å². The summed E-state index contributed by atoms with van der Waals surface area (Å²) >= 11 is 1.13. The van der Waals surface area contributed by atoms with Crippen molar-refractivity contribution in [1.29, 1.82) is 0 Å². The van der Waals surface area contributed by atoms with Gasteiger partial charge in [0.15, 0.2) is 5.69 Å². The van der Waals surface area contributed by atoms with E-state index in [4.69, 9.17) is 0 Å². The van der Waals surface area contributed by atoms with Crippen LogP contribution in [0.3, 0.4) is 0 Å². The number of hydrogen-bond donors (Lipinski definition) is 2. The van der Waals surface area contributed by atoms with E-state index in [1.54, 1.807) is 12.3 Å². The summed E-state index contributed by atoms with van der Waals surface area (Å²) in [5, 5.41) is 14.3. The van der Waals surface area contributed by atoms with Gasteiger partial charge in [-0.05, 0) is 18.5 Å². The molecular weight excluding hydrogens is 216 g/mol. The van der Waals surface area contributed by atoms with Crippen LogP contribution in [-0.2, 0) is 0 Å². The van der Waals surface area contributed by atoms with Crippen LogP contribution < -0.4 is 5.32 Å². The summed E-state index contributed by atoms with van der Waals surface area (Å²) in [4.78, 5) is 15.5. The van der Waals surface area contributed by atoms with Crippen LogP contribution in [0.25, 0.3) is 0 Å². The van der Waals surface area contributed by atoms with E-state index in [1.807, 2.05) is 0 Å². The van der Waals surface area contributed by atoms with Gasteiger partial charge in [0.2, 0.25) is 0 Å². The molecule has 0 saturated heterocycles. The Morgan fingerprint density at radius 3 is 3.13 bits per heavy atom. The van der Waals surface area contributed by atoms with Gasteiger partial charge in [-0.1, -0.05) is 4.49 Å². The van der Waals surface area contributed by atoms with Crippen LogP contribution in [0.4, 0.5) is 0 Å². The number of carbonyl (C=O) groups is 1. The number of H-pyrrole nitrogens is 1. The van der Waals surface area contributed by atoms with Gasteiger partial charge in [0.05, 0.1) is 6.04 Å². The third-order valence-corrected chi connectivity index (χ3v) is 2.29. The maximum absolute atomic E-state index is 11.5. The molecule has 0 saturated carbocycles. The maximum Gasteiger partial charge on any atom is 0.273 e. The monoisotopic (exact) mass is 224 g/mol. The van der Waals surface area contributed by atoms with Crippen LogP contribution in [0.2, 0.25) is 0 Å². The highest BCUT2D eigenvalue weighted by atomic mass is 32.1. The maximum atomic E-state index is 11.5. The van der Waals surface area contributed by atoms with Crippen LogP contribution in [0.15, 0.2) is 11.7 Å². The van der Waals surface area contributed by atoms with Crippen LogP contribution in [0.5, 0.6) is 0 Å². The number of nitrogens with one attached hydrogen (secondary N) is 2. The van der Waals surface area contributed by atoms with Gasteiger partial charge in [0.25, 0.3) is 5.91 Å². The molecule has 7 nitrogen and oxygen atoms in total. The van der Waals surface area contributed by atoms with Crippen molar-refractivity contribution >= 4 is 17.4 Å². The lowest BCUT2D eigenvalue weighted by Crippen LogP contribution is -2.27. The number of amides is 1. The Bertz CT molecular complexity index is 424. The summed E-state index contributed by atoms with van der Waals surface area (Å²) in [6, 6.07) is -0.235. The summed E-state index contributed by atoms with van der Waals surface area (Å²) in [6.07, 6.45) is 1.39. The van der Waals surface area contributed by atoms with E-state index in [9.17, 15) is 4.79 Å². The first kappa shape index (κ1) is 9.71. The highest BCUT2D eigenvalue weighted by Gasteiger charge is 2.14. The Balaban J connectivity index is 2.01. The van der Waals surface area contributed by atoms with Crippen molar-refractivity contribution in [1.82, 2.24) is 30.1 Å². The molecule has 0 aromatic carbocycles. The summed E-state index contributed by atoms with van der Waals surface area (Å²) in [5.41, 5.74) is 0.311. The van der Waals surface area contributed by atoms with Crippen molar-refractivity contribution in [3.05, 3.63) is 23.2 Å². The number of hydrogen-bond acceptors (Lipinski definition) is 6. The van der Waals surface area contributed by atoms with Gasteiger partial charge in [-0.2, -0.15) is 5.10 Å². The van der Waals surface area contributed by atoms with E-state index >= 15 is 0 Å². The zero-order valence-electron chi connectivity index (χ0n) is 7.84. The molecule has 2 rings (SSSR count). The van der Waals surface area contributed by atoms with E-state index in [1.165, 1.54) is 6.33 Å². The van der Waals surface area contributed by atoms with Gasteiger partial charge in [0, 0.05) is 5.38 Å². The molecule has 2 aromatic heterocycles. The zero-order chi connectivity index (χ0) is 10.7. The molecule has 0 radical (unpaired) electrons. The van der Waals surface area contributed by atoms with Gasteiger partial charge < -0.3 is 5.32 Å². The Labute approximate surface area is 89.1 Å². The summed E-state index contributed by atoms with van der Waals surface area (Å²) in [5.74, 6) is 0.333. The molecule has 8 heteroatoms. The second-order valence-electron chi connectivity index (χ2n) is 2.86. The van der Waals surface area contributed by atoms with Crippen LogP contribution in [0.1, 0.15) is 29.3 Å². The summed E-state index contributed by atoms with van der Waals surface area (Å²) in [6.45, 7) is 1.80. The first-order valence-corrected chi connectivity index (χ1v) is 5.04. The average molecular weight is 224 g/mol. The van der Waals surface area contributed by atoms with Crippen molar-refractivity contribution in [2.75, 3.05) is 0 Å². The predicted octanol–water partition coefficient (Wildman–Crippen LogP) is 0.147. The molecule has 2 aromatic rings. The van der Waals surface area contributed by atoms with E-state index in [-0.39, 0.29) is 11.9 Å². The zero-order valence-corrected chi connectivity index (χ0v) is 8.65. The number of carbonyl (C=O) groups excluding carboxylic acids is 1. The third kappa shape index (κ3) is 2.15. The predicted molar refractivity (Wildman–Crippen MR) is 52.2 cm³/mol. The quantitative estimate of drug-likeness (QED) is 0.773. The van der Waals surface area contributed by atoms with Crippen molar-refractivity contribution in [2.24, 2.45) is 0 Å². The van der Waals surface area contributed by atoms with E-state index in [2.05, 4.69) is 30.1 Å². The minimum absolute atomic E-state index is 0.235. The van der Waals surface area contributed by atoms with Crippen LogP contribution in [0, 0.1) is 0 Å². The molecular formula is C7H8N6OS. The topological polar surface area (TPSA) is 96.5 Å². The molecule has 0 aliphatic heterocycles. The standard InChI is InChI=1S/C7H8N6OS/c1-4(6-8-3-9-12-6)10-7(14)5-2-15-13-11-5/h2-4H,1H3,(H,10,14)(H,8,9,12). The Hall–Kier alpha value is -1.83. The van der Waals surface area contributed by atoms with Crippen LogP contribution >= 0.6 is 11.5 Å². The molecule has 2 heterocycles. The van der Waals surface area contributed by atoms with Gasteiger partial charge in [-0.25, -0.2) is 4.98 Å². The molecule has 0 aliphatic carbocycles. The van der Waals surface area contributed by atoms with Gasteiger partial charge in [-0.15, -0.1) is 5.10 Å². The third-order valence-electron chi connectivity index (χ3n) is 1.78. The smallest absolute Gasteiger partial charge is 0.273 e. The Morgan fingerprint density at radius 2 is 2.53 bits per heavy atom. The number of nitrogens with zero attached hydrogens (tertiary/aromatic N) is 4. The van der Waals surface area contributed by atoms with E-state index < -0.39 is 0 Å². The van der Waals surface area contributed by atoms with Crippen molar-refractivity contribution in [3.8, 4) is 0 Å².